The van der Waals surface area contributed by atoms with E-state index in [2.05, 4.69) is 20.5 Å². The van der Waals surface area contributed by atoms with Crippen LogP contribution in [0.15, 0.2) is 65.6 Å². The third-order valence-electron chi connectivity index (χ3n) is 4.74. The summed E-state index contributed by atoms with van der Waals surface area (Å²) >= 11 is 0. The Hall–Kier alpha value is -3.04. The molecule has 4 rings (SSSR count). The minimum absolute atomic E-state index is 0.327. The summed E-state index contributed by atoms with van der Waals surface area (Å²) in [4.78, 5) is 6.75. The number of benzene rings is 1. The van der Waals surface area contributed by atoms with Crippen LogP contribution in [0.5, 0.6) is 0 Å². The maximum Gasteiger partial charge on any atom is 0.243 e. The van der Waals surface area contributed by atoms with Gasteiger partial charge in [-0.25, -0.2) is 13.4 Å². The molecule has 0 atom stereocenters. The first kappa shape index (κ1) is 19.3. The van der Waals surface area contributed by atoms with E-state index in [1.54, 1.807) is 24.3 Å². The van der Waals surface area contributed by atoms with E-state index in [-0.39, 0.29) is 0 Å². The van der Waals surface area contributed by atoms with Crippen molar-refractivity contribution < 1.29 is 8.42 Å². The van der Waals surface area contributed by atoms with Crippen LogP contribution in [0, 0.1) is 6.92 Å². The lowest BCUT2D eigenvalue weighted by Gasteiger charge is -2.34. The Labute approximate surface area is 170 Å². The van der Waals surface area contributed by atoms with Crippen molar-refractivity contribution in [3.8, 4) is 0 Å². The maximum atomic E-state index is 12.7. The smallest absolute Gasteiger partial charge is 0.243 e. The Morgan fingerprint density at radius 1 is 0.828 bits per heavy atom. The van der Waals surface area contributed by atoms with Crippen molar-refractivity contribution in [3.63, 3.8) is 0 Å². The average Bonchev–Trinajstić information content (AvgIpc) is 2.75. The van der Waals surface area contributed by atoms with Crippen molar-refractivity contribution in [3.05, 3.63) is 66.4 Å². The molecule has 1 aliphatic rings. The molecule has 2 aromatic heterocycles. The summed E-state index contributed by atoms with van der Waals surface area (Å²) in [6, 6.07) is 18.0. The van der Waals surface area contributed by atoms with Crippen molar-refractivity contribution in [2.45, 2.75) is 11.8 Å². The highest BCUT2D eigenvalue weighted by Crippen LogP contribution is 2.20. The number of hydrogen-bond donors (Lipinski definition) is 1. The molecule has 3 aromatic rings. The van der Waals surface area contributed by atoms with Crippen LogP contribution in [0.2, 0.25) is 0 Å². The topological polar surface area (TPSA) is 91.3 Å². The van der Waals surface area contributed by atoms with E-state index in [1.807, 2.05) is 48.2 Å². The highest BCUT2D eigenvalue weighted by atomic mass is 32.2. The van der Waals surface area contributed by atoms with Crippen molar-refractivity contribution in [1.29, 1.82) is 0 Å². The third-order valence-corrected chi connectivity index (χ3v) is 6.65. The highest BCUT2D eigenvalue weighted by Gasteiger charge is 2.28. The van der Waals surface area contributed by atoms with E-state index in [0.29, 0.717) is 42.7 Å². The van der Waals surface area contributed by atoms with E-state index >= 15 is 0 Å². The largest absolute Gasteiger partial charge is 0.352 e. The summed E-state index contributed by atoms with van der Waals surface area (Å²) in [6.07, 6.45) is 0. The van der Waals surface area contributed by atoms with Crippen LogP contribution < -0.4 is 10.2 Å². The molecule has 0 aliphatic carbocycles. The van der Waals surface area contributed by atoms with E-state index in [9.17, 15) is 8.42 Å². The van der Waals surface area contributed by atoms with Crippen molar-refractivity contribution >= 4 is 27.5 Å². The molecular formula is C20H22N6O2S. The fourth-order valence-corrected chi connectivity index (χ4v) is 4.65. The van der Waals surface area contributed by atoms with Gasteiger partial charge in [-0.3, -0.25) is 0 Å². The van der Waals surface area contributed by atoms with Crippen LogP contribution in [-0.4, -0.2) is 54.1 Å². The number of aromatic nitrogens is 3. The molecule has 0 amide bonds. The van der Waals surface area contributed by atoms with Gasteiger partial charge in [0, 0.05) is 31.9 Å². The predicted octanol–water partition coefficient (Wildman–Crippen LogP) is 2.43. The van der Waals surface area contributed by atoms with Gasteiger partial charge in [-0.1, -0.05) is 24.3 Å². The molecule has 8 nitrogen and oxygen atoms in total. The standard InChI is InChI=1S/C20H22N6O2S/c1-16-6-5-9-18(21-16)22-19-10-11-20(24-23-19)25-12-14-26(15-13-25)29(27,28)17-7-3-2-4-8-17/h2-11H,12-15H2,1H3,(H,21,22,23). The zero-order valence-electron chi connectivity index (χ0n) is 16.1. The molecule has 0 bridgehead atoms. The second-order valence-corrected chi connectivity index (χ2v) is 8.71. The molecule has 1 saturated heterocycles. The minimum atomic E-state index is -3.46. The number of anilines is 3. The zero-order valence-corrected chi connectivity index (χ0v) is 16.9. The van der Waals surface area contributed by atoms with Crippen LogP contribution in [-0.2, 0) is 10.0 Å². The van der Waals surface area contributed by atoms with Gasteiger partial charge in [-0.2, -0.15) is 4.31 Å². The number of aryl methyl sites for hydroxylation is 1. The van der Waals surface area contributed by atoms with Crippen molar-refractivity contribution in [2.75, 3.05) is 36.4 Å². The summed E-state index contributed by atoms with van der Waals surface area (Å²) in [5.41, 5.74) is 0.919. The second kappa shape index (κ2) is 8.14. The Balaban J connectivity index is 1.39. The first-order valence-electron chi connectivity index (χ1n) is 9.37. The number of nitrogens with zero attached hydrogens (tertiary/aromatic N) is 5. The van der Waals surface area contributed by atoms with Crippen LogP contribution in [0.4, 0.5) is 17.5 Å². The second-order valence-electron chi connectivity index (χ2n) is 6.77. The molecular weight excluding hydrogens is 388 g/mol. The Bertz CT molecular complexity index is 1070. The highest BCUT2D eigenvalue weighted by molar-refractivity contribution is 7.89. The monoisotopic (exact) mass is 410 g/mol. The van der Waals surface area contributed by atoms with Gasteiger partial charge >= 0.3 is 0 Å². The van der Waals surface area contributed by atoms with Gasteiger partial charge in [-0.05, 0) is 43.3 Å². The van der Waals surface area contributed by atoms with Gasteiger partial charge in [0.05, 0.1) is 4.90 Å². The van der Waals surface area contributed by atoms with Gasteiger partial charge in [0.2, 0.25) is 10.0 Å². The summed E-state index contributed by atoms with van der Waals surface area (Å²) in [6.45, 7) is 3.87. The quantitative estimate of drug-likeness (QED) is 0.691. The number of pyridine rings is 1. The predicted molar refractivity (Wildman–Crippen MR) is 112 cm³/mol. The van der Waals surface area contributed by atoms with Gasteiger partial charge < -0.3 is 10.2 Å². The molecule has 29 heavy (non-hydrogen) atoms. The lowest BCUT2D eigenvalue weighted by molar-refractivity contribution is 0.383. The fraction of sp³-hybridized carbons (Fsp3) is 0.250. The van der Waals surface area contributed by atoms with Crippen LogP contribution in [0.25, 0.3) is 0 Å². The van der Waals surface area contributed by atoms with Crippen molar-refractivity contribution in [2.24, 2.45) is 0 Å². The lowest BCUT2D eigenvalue weighted by Crippen LogP contribution is -2.48. The molecule has 0 unspecified atom stereocenters. The van der Waals surface area contributed by atoms with E-state index in [1.165, 1.54) is 4.31 Å². The molecule has 0 radical (unpaired) electrons. The summed E-state index contributed by atoms with van der Waals surface area (Å²) in [5, 5.41) is 11.6. The Kier molecular flexibility index (Phi) is 5.41. The fourth-order valence-electron chi connectivity index (χ4n) is 3.20. The summed E-state index contributed by atoms with van der Waals surface area (Å²) in [5.74, 6) is 2.05. The molecule has 0 saturated carbocycles. The Morgan fingerprint density at radius 3 is 2.24 bits per heavy atom. The molecule has 9 heteroatoms. The minimum Gasteiger partial charge on any atom is -0.352 e. The zero-order chi connectivity index (χ0) is 20.3. The van der Waals surface area contributed by atoms with Crippen LogP contribution in [0.3, 0.4) is 0 Å². The SMILES string of the molecule is Cc1cccc(Nc2ccc(N3CCN(S(=O)(=O)c4ccccc4)CC3)nn2)n1. The molecule has 1 aliphatic heterocycles. The van der Waals surface area contributed by atoms with Gasteiger partial charge in [0.1, 0.15) is 5.82 Å². The number of hydrogen-bond acceptors (Lipinski definition) is 7. The van der Waals surface area contributed by atoms with Crippen LogP contribution in [0.1, 0.15) is 5.69 Å². The lowest BCUT2D eigenvalue weighted by atomic mass is 10.3. The average molecular weight is 411 g/mol. The maximum absolute atomic E-state index is 12.7. The summed E-state index contributed by atoms with van der Waals surface area (Å²) < 4.78 is 27.0. The third kappa shape index (κ3) is 4.36. The number of nitrogens with one attached hydrogen (secondary N) is 1. The first-order chi connectivity index (χ1) is 14.0. The first-order valence-corrected chi connectivity index (χ1v) is 10.8. The molecule has 1 N–H and O–H groups in total. The molecule has 1 fully saturated rings. The van der Waals surface area contributed by atoms with Gasteiger partial charge in [0.25, 0.3) is 0 Å². The molecule has 3 heterocycles. The number of rotatable bonds is 5. The van der Waals surface area contributed by atoms with Crippen LogP contribution >= 0.6 is 0 Å². The van der Waals surface area contributed by atoms with E-state index in [0.717, 1.165) is 11.5 Å². The molecule has 1 aromatic carbocycles. The summed E-state index contributed by atoms with van der Waals surface area (Å²) in [7, 11) is -3.46. The normalized spacial score (nSPS) is 15.3. The van der Waals surface area contributed by atoms with Gasteiger partial charge in [0.15, 0.2) is 11.6 Å². The van der Waals surface area contributed by atoms with E-state index < -0.39 is 10.0 Å². The van der Waals surface area contributed by atoms with E-state index in [4.69, 9.17) is 0 Å². The molecule has 150 valence electrons. The Morgan fingerprint density at radius 2 is 1.59 bits per heavy atom. The van der Waals surface area contributed by atoms with Gasteiger partial charge in [-0.15, -0.1) is 10.2 Å². The number of piperazine rings is 1. The molecule has 0 spiro atoms. The number of sulfonamides is 1. The van der Waals surface area contributed by atoms with Crippen molar-refractivity contribution in [1.82, 2.24) is 19.5 Å².